The van der Waals surface area contributed by atoms with Crippen LogP contribution < -0.4 is 9.47 Å². The predicted octanol–water partition coefficient (Wildman–Crippen LogP) is 2.55. The Hall–Kier alpha value is -2.78. The first-order chi connectivity index (χ1) is 14.5. The Labute approximate surface area is 179 Å². The number of morpholine rings is 1. The third-order valence-corrected chi connectivity index (χ3v) is 5.36. The Balaban J connectivity index is 1.73. The van der Waals surface area contributed by atoms with Crippen molar-refractivity contribution in [1.29, 1.82) is 0 Å². The normalized spacial score (nSPS) is 18.1. The van der Waals surface area contributed by atoms with Gasteiger partial charge in [0.2, 0.25) is 5.91 Å². The first-order valence-corrected chi connectivity index (χ1v) is 10.5. The van der Waals surface area contributed by atoms with Gasteiger partial charge in [-0.2, -0.15) is 0 Å². The van der Waals surface area contributed by atoms with Crippen LogP contribution in [0.25, 0.3) is 6.08 Å². The molecule has 3 rings (SSSR count). The predicted molar refractivity (Wildman–Crippen MR) is 113 cm³/mol. The maximum Gasteiger partial charge on any atom is 0.294 e. The number of hydrogen-bond donors (Lipinski definition) is 0. The van der Waals surface area contributed by atoms with Crippen LogP contribution in [0.4, 0.5) is 4.79 Å². The zero-order valence-corrected chi connectivity index (χ0v) is 17.6. The van der Waals surface area contributed by atoms with Crippen LogP contribution >= 0.6 is 11.8 Å². The summed E-state index contributed by atoms with van der Waals surface area (Å²) in [6, 6.07) is 5.26. The molecule has 2 aliphatic heterocycles. The van der Waals surface area contributed by atoms with E-state index < -0.39 is 11.1 Å². The molecule has 9 heteroatoms. The van der Waals surface area contributed by atoms with Crippen molar-refractivity contribution in [3.05, 3.63) is 41.3 Å². The van der Waals surface area contributed by atoms with E-state index in [2.05, 4.69) is 6.58 Å². The fraction of sp³-hybridized carbons (Fsp3) is 0.381. The van der Waals surface area contributed by atoms with Crippen LogP contribution in [-0.2, 0) is 14.3 Å². The molecule has 8 nitrogen and oxygen atoms in total. The van der Waals surface area contributed by atoms with E-state index in [0.717, 1.165) is 16.7 Å². The van der Waals surface area contributed by atoms with E-state index in [9.17, 15) is 14.4 Å². The van der Waals surface area contributed by atoms with Crippen molar-refractivity contribution < 1.29 is 28.6 Å². The minimum absolute atomic E-state index is 0.260. The molecule has 0 bridgehead atoms. The number of ether oxygens (including phenoxy) is 3. The summed E-state index contributed by atoms with van der Waals surface area (Å²) in [5, 5.41) is -0.455. The van der Waals surface area contributed by atoms with Gasteiger partial charge in [0.1, 0.15) is 13.2 Å². The van der Waals surface area contributed by atoms with Crippen molar-refractivity contribution in [3.63, 3.8) is 0 Å². The number of amides is 3. The van der Waals surface area contributed by atoms with Crippen LogP contribution in [0.3, 0.4) is 0 Å². The number of nitrogens with zero attached hydrogens (tertiary/aromatic N) is 2. The minimum atomic E-state index is -0.475. The zero-order chi connectivity index (χ0) is 21.5. The lowest BCUT2D eigenvalue weighted by Crippen LogP contribution is -2.46. The van der Waals surface area contributed by atoms with Gasteiger partial charge in [-0.3, -0.25) is 19.3 Å². The largest absolute Gasteiger partial charge is 0.490 e. The van der Waals surface area contributed by atoms with E-state index >= 15 is 0 Å². The molecule has 3 amide bonds. The van der Waals surface area contributed by atoms with Crippen molar-refractivity contribution in [1.82, 2.24) is 9.80 Å². The Morgan fingerprint density at radius 2 is 2.00 bits per heavy atom. The number of rotatable bonds is 8. The molecular weight excluding hydrogens is 408 g/mol. The maximum atomic E-state index is 12.7. The van der Waals surface area contributed by atoms with E-state index in [0.29, 0.717) is 56.6 Å². The molecular formula is C21H24N2O6S. The second-order valence-electron chi connectivity index (χ2n) is 6.50. The quantitative estimate of drug-likeness (QED) is 0.461. The molecule has 1 aromatic carbocycles. The van der Waals surface area contributed by atoms with Crippen LogP contribution in [0, 0.1) is 0 Å². The van der Waals surface area contributed by atoms with Crippen molar-refractivity contribution in [2.75, 3.05) is 46.1 Å². The van der Waals surface area contributed by atoms with Crippen molar-refractivity contribution in [2.24, 2.45) is 0 Å². The van der Waals surface area contributed by atoms with E-state index in [1.807, 2.05) is 6.92 Å². The van der Waals surface area contributed by atoms with Crippen LogP contribution in [0.5, 0.6) is 11.5 Å². The van der Waals surface area contributed by atoms with Gasteiger partial charge in [-0.1, -0.05) is 18.7 Å². The fourth-order valence-electron chi connectivity index (χ4n) is 2.99. The molecule has 2 saturated heterocycles. The van der Waals surface area contributed by atoms with Gasteiger partial charge in [-0.05, 0) is 42.5 Å². The van der Waals surface area contributed by atoms with Crippen molar-refractivity contribution in [2.45, 2.75) is 6.92 Å². The first-order valence-electron chi connectivity index (χ1n) is 9.65. The van der Waals surface area contributed by atoms with Crippen LogP contribution in [-0.4, -0.2) is 72.9 Å². The summed E-state index contributed by atoms with van der Waals surface area (Å²) < 4.78 is 16.4. The summed E-state index contributed by atoms with van der Waals surface area (Å²) in [5.41, 5.74) is 0.689. The van der Waals surface area contributed by atoms with Gasteiger partial charge in [-0.15, -0.1) is 0 Å². The Morgan fingerprint density at radius 3 is 2.70 bits per heavy atom. The summed E-state index contributed by atoms with van der Waals surface area (Å²) in [5.74, 6) is 0.369. The fourth-order valence-corrected chi connectivity index (χ4v) is 3.82. The van der Waals surface area contributed by atoms with E-state index in [1.165, 1.54) is 0 Å². The molecule has 0 atom stereocenters. The number of imide groups is 1. The number of benzene rings is 1. The van der Waals surface area contributed by atoms with Gasteiger partial charge in [-0.25, -0.2) is 0 Å². The minimum Gasteiger partial charge on any atom is -0.490 e. The second kappa shape index (κ2) is 10.3. The summed E-state index contributed by atoms with van der Waals surface area (Å²) in [6.45, 7) is 7.87. The summed E-state index contributed by atoms with van der Waals surface area (Å²) >= 11 is 0.820. The molecule has 1 aromatic rings. The molecule has 160 valence electrons. The average molecular weight is 432 g/mol. The third kappa shape index (κ3) is 5.22. The molecule has 2 fully saturated rings. The molecule has 2 aliphatic rings. The van der Waals surface area contributed by atoms with Crippen LogP contribution in [0.15, 0.2) is 35.8 Å². The molecule has 30 heavy (non-hydrogen) atoms. The molecule has 0 radical (unpaired) electrons. The van der Waals surface area contributed by atoms with Crippen LogP contribution in [0.1, 0.15) is 12.5 Å². The third-order valence-electron chi connectivity index (χ3n) is 4.45. The topological polar surface area (TPSA) is 85.4 Å². The van der Waals surface area contributed by atoms with Crippen molar-refractivity contribution in [3.8, 4) is 11.5 Å². The number of thioether (sulfide) groups is 1. The number of carbonyl (C=O) groups is 3. The highest BCUT2D eigenvalue weighted by Gasteiger charge is 2.37. The van der Waals surface area contributed by atoms with Gasteiger partial charge in [0.15, 0.2) is 11.5 Å². The van der Waals surface area contributed by atoms with Gasteiger partial charge >= 0.3 is 0 Å². The molecule has 0 aromatic heterocycles. The standard InChI is InChI=1S/C21H24N2O6S/c1-3-9-29-16-6-5-15(12-17(16)28-4-2)13-18-20(25)23(21(26)30-18)14-19(24)22-7-10-27-11-8-22/h3,5-6,12-13H,1,4,7-11,14H2,2H3. The monoisotopic (exact) mass is 432 g/mol. The summed E-state index contributed by atoms with van der Waals surface area (Å²) in [6.07, 6.45) is 3.25. The highest BCUT2D eigenvalue weighted by Crippen LogP contribution is 2.34. The highest BCUT2D eigenvalue weighted by atomic mass is 32.2. The van der Waals surface area contributed by atoms with Gasteiger partial charge in [0.25, 0.3) is 11.1 Å². The zero-order valence-electron chi connectivity index (χ0n) is 16.8. The number of carbonyl (C=O) groups excluding carboxylic acids is 3. The summed E-state index contributed by atoms with van der Waals surface area (Å²) in [4.78, 5) is 40.3. The molecule has 0 N–H and O–H groups in total. The van der Waals surface area contributed by atoms with Crippen molar-refractivity contribution >= 4 is 34.9 Å². The molecule has 0 unspecified atom stereocenters. The van der Waals surface area contributed by atoms with E-state index in [-0.39, 0.29) is 17.4 Å². The lowest BCUT2D eigenvalue weighted by Gasteiger charge is -2.28. The molecule has 2 heterocycles. The SMILES string of the molecule is C=CCOc1ccc(C=C2SC(=O)N(CC(=O)N3CCOCC3)C2=O)cc1OCC. The van der Waals surface area contributed by atoms with Gasteiger partial charge in [0.05, 0.1) is 24.7 Å². The average Bonchev–Trinajstić information content (AvgIpc) is 3.01. The lowest BCUT2D eigenvalue weighted by molar-refractivity contribution is -0.139. The Morgan fingerprint density at radius 1 is 1.23 bits per heavy atom. The Bertz CT molecular complexity index is 863. The molecule has 0 spiro atoms. The first kappa shape index (κ1) is 21.9. The van der Waals surface area contributed by atoms with Gasteiger partial charge < -0.3 is 19.1 Å². The van der Waals surface area contributed by atoms with Crippen LogP contribution in [0.2, 0.25) is 0 Å². The number of hydrogen-bond acceptors (Lipinski definition) is 7. The summed E-state index contributed by atoms with van der Waals surface area (Å²) in [7, 11) is 0. The molecule has 0 saturated carbocycles. The lowest BCUT2D eigenvalue weighted by atomic mass is 10.2. The smallest absolute Gasteiger partial charge is 0.294 e. The van der Waals surface area contributed by atoms with E-state index in [1.54, 1.807) is 35.3 Å². The van der Waals surface area contributed by atoms with Gasteiger partial charge in [0, 0.05) is 13.1 Å². The van der Waals surface area contributed by atoms with E-state index in [4.69, 9.17) is 14.2 Å². The highest BCUT2D eigenvalue weighted by molar-refractivity contribution is 8.18. The molecule has 0 aliphatic carbocycles. The Kier molecular flexibility index (Phi) is 7.53. The second-order valence-corrected chi connectivity index (χ2v) is 7.49. The maximum absolute atomic E-state index is 12.7.